The highest BCUT2D eigenvalue weighted by molar-refractivity contribution is 7.90. The molecule has 1 unspecified atom stereocenters. The summed E-state index contributed by atoms with van der Waals surface area (Å²) >= 11 is 6.37. The number of methoxy groups -OCH3 is 1. The monoisotopic (exact) mass is 758 g/mol. The van der Waals surface area contributed by atoms with E-state index in [1.54, 1.807) is 32.2 Å². The molecule has 2 amide bonds. The predicted octanol–water partition coefficient (Wildman–Crippen LogP) is 4.88. The SMILES string of the molecule is COCCN1CCN(C[C@@]2(O)CCC[C@H](C)[C@@H](C)S(=O)(=O)NC(=O)c3ccc4c(c3)N(CCCCc3cc(Cl)ccc3CO4)C[C@@H]3CCC32)CC1=O. The van der Waals surface area contributed by atoms with Crippen molar-refractivity contribution in [1.29, 1.82) is 0 Å². The van der Waals surface area contributed by atoms with Gasteiger partial charge in [0, 0.05) is 57.0 Å². The molecule has 0 aromatic heterocycles. The summed E-state index contributed by atoms with van der Waals surface area (Å²) in [7, 11) is -2.36. The van der Waals surface area contributed by atoms with Crippen molar-refractivity contribution in [2.24, 2.45) is 17.8 Å². The van der Waals surface area contributed by atoms with E-state index in [9.17, 15) is 23.1 Å². The number of carbonyl (C=O) groups is 2. The predicted molar refractivity (Wildman–Crippen MR) is 202 cm³/mol. The summed E-state index contributed by atoms with van der Waals surface area (Å²) in [5.41, 5.74) is 2.14. The molecular weight excluding hydrogens is 704 g/mol. The number of fused-ring (bicyclic) bond motifs is 3. The Kier molecular flexibility index (Phi) is 12.4. The van der Waals surface area contributed by atoms with E-state index in [4.69, 9.17) is 21.1 Å². The topological polar surface area (TPSA) is 129 Å². The highest BCUT2D eigenvalue weighted by atomic mass is 35.5. The normalized spacial score (nSPS) is 29.1. The Balaban J connectivity index is 1.33. The summed E-state index contributed by atoms with van der Waals surface area (Å²) < 4.78 is 41.1. The molecule has 1 aliphatic carbocycles. The molecule has 5 atom stereocenters. The number of carbonyl (C=O) groups excluding carboxylic acids is 2. The molecule has 52 heavy (non-hydrogen) atoms. The number of aliphatic hydroxyl groups is 1. The number of benzene rings is 2. The largest absolute Gasteiger partial charge is 0.487 e. The third-order valence-corrected chi connectivity index (χ3v) is 14.2. The van der Waals surface area contributed by atoms with Gasteiger partial charge in [0.2, 0.25) is 15.9 Å². The summed E-state index contributed by atoms with van der Waals surface area (Å²) in [5.74, 6) is -0.0732. The number of anilines is 1. The Bertz CT molecular complexity index is 1710. The molecule has 1 saturated heterocycles. The molecule has 1 saturated carbocycles. The molecule has 2 fully saturated rings. The number of amides is 2. The van der Waals surface area contributed by atoms with E-state index in [0.29, 0.717) is 82.5 Å². The van der Waals surface area contributed by atoms with Crippen LogP contribution in [0.1, 0.15) is 80.3 Å². The summed E-state index contributed by atoms with van der Waals surface area (Å²) in [6.07, 6.45) is 6.20. The second kappa shape index (κ2) is 16.6. The van der Waals surface area contributed by atoms with Crippen LogP contribution in [-0.2, 0) is 32.6 Å². The molecular formula is C39H55ClN4O7S. The fraction of sp³-hybridized carbons (Fsp3) is 0.641. The lowest BCUT2D eigenvalue weighted by Crippen LogP contribution is -2.59. The number of ether oxygens (including phenoxy) is 2. The van der Waals surface area contributed by atoms with E-state index in [-0.39, 0.29) is 35.8 Å². The summed E-state index contributed by atoms with van der Waals surface area (Å²) in [6, 6.07) is 11.0. The molecule has 2 bridgehead atoms. The van der Waals surface area contributed by atoms with Crippen LogP contribution >= 0.6 is 11.6 Å². The zero-order chi connectivity index (χ0) is 37.0. The Morgan fingerprint density at radius 2 is 1.85 bits per heavy atom. The molecule has 0 spiro atoms. The third kappa shape index (κ3) is 8.89. The van der Waals surface area contributed by atoms with Gasteiger partial charge in [-0.2, -0.15) is 0 Å². The van der Waals surface area contributed by atoms with Gasteiger partial charge in [-0.3, -0.25) is 14.5 Å². The summed E-state index contributed by atoms with van der Waals surface area (Å²) in [6.45, 7) is 8.16. The zero-order valence-corrected chi connectivity index (χ0v) is 32.4. The van der Waals surface area contributed by atoms with Crippen LogP contribution in [0, 0.1) is 17.8 Å². The van der Waals surface area contributed by atoms with Gasteiger partial charge in [0.1, 0.15) is 12.4 Å². The van der Waals surface area contributed by atoms with Crippen LogP contribution in [-0.4, -0.2) is 106 Å². The van der Waals surface area contributed by atoms with Crippen molar-refractivity contribution in [3.05, 3.63) is 58.1 Å². The first-order valence-electron chi connectivity index (χ1n) is 18.9. The zero-order valence-electron chi connectivity index (χ0n) is 30.8. The Morgan fingerprint density at radius 3 is 2.60 bits per heavy atom. The first-order chi connectivity index (χ1) is 24.9. The number of rotatable bonds is 5. The van der Waals surface area contributed by atoms with Crippen LogP contribution in [0.15, 0.2) is 36.4 Å². The minimum absolute atomic E-state index is 0.000999. The highest BCUT2D eigenvalue weighted by Gasteiger charge is 2.48. The molecule has 6 rings (SSSR count). The first kappa shape index (κ1) is 38.8. The number of sulfonamides is 1. The van der Waals surface area contributed by atoms with E-state index in [1.165, 1.54) is 0 Å². The van der Waals surface area contributed by atoms with Crippen molar-refractivity contribution in [3.8, 4) is 5.75 Å². The van der Waals surface area contributed by atoms with Gasteiger partial charge >= 0.3 is 0 Å². The van der Waals surface area contributed by atoms with E-state index in [2.05, 4.69) is 14.5 Å². The fourth-order valence-corrected chi connectivity index (χ4v) is 10.0. The van der Waals surface area contributed by atoms with Crippen molar-refractivity contribution in [1.82, 2.24) is 14.5 Å². The Morgan fingerprint density at radius 1 is 1.02 bits per heavy atom. The van der Waals surface area contributed by atoms with Crippen molar-refractivity contribution in [2.75, 3.05) is 64.4 Å². The van der Waals surface area contributed by atoms with Gasteiger partial charge in [0.25, 0.3) is 5.91 Å². The maximum absolute atomic E-state index is 13.6. The number of β-amino-alcohol motifs (C(OH)–C–C–N with tert-alkyl or cyclic N) is 1. The van der Waals surface area contributed by atoms with Crippen molar-refractivity contribution >= 4 is 39.1 Å². The van der Waals surface area contributed by atoms with Crippen LogP contribution in [0.5, 0.6) is 5.75 Å². The quantitative estimate of drug-likeness (QED) is 0.439. The molecule has 286 valence electrons. The molecule has 2 aromatic carbocycles. The van der Waals surface area contributed by atoms with Crippen molar-refractivity contribution < 1.29 is 32.6 Å². The van der Waals surface area contributed by atoms with E-state index in [1.807, 2.05) is 30.0 Å². The number of piperazine rings is 1. The molecule has 4 aliphatic rings. The second-order valence-corrected chi connectivity index (χ2v) is 17.9. The lowest BCUT2D eigenvalue weighted by Gasteiger charge is -2.51. The van der Waals surface area contributed by atoms with Gasteiger partial charge in [0.15, 0.2) is 0 Å². The van der Waals surface area contributed by atoms with Crippen LogP contribution in [0.3, 0.4) is 0 Å². The van der Waals surface area contributed by atoms with Crippen LogP contribution in [0.4, 0.5) is 5.69 Å². The highest BCUT2D eigenvalue weighted by Crippen LogP contribution is 2.46. The first-order valence-corrected chi connectivity index (χ1v) is 20.9. The number of aryl methyl sites for hydroxylation is 1. The maximum atomic E-state index is 13.6. The van der Waals surface area contributed by atoms with Crippen LogP contribution in [0.2, 0.25) is 5.02 Å². The van der Waals surface area contributed by atoms with Gasteiger partial charge in [-0.05, 0) is 111 Å². The molecule has 2 N–H and O–H groups in total. The second-order valence-electron chi connectivity index (χ2n) is 15.5. The lowest BCUT2D eigenvalue weighted by atomic mass is 9.62. The average Bonchev–Trinajstić information content (AvgIpc) is 3.11. The number of nitrogens with one attached hydrogen (secondary N) is 1. The Hall–Kier alpha value is -2.90. The molecule has 0 radical (unpaired) electrons. The van der Waals surface area contributed by atoms with Crippen LogP contribution in [0.25, 0.3) is 0 Å². The lowest BCUT2D eigenvalue weighted by molar-refractivity contribution is -0.142. The summed E-state index contributed by atoms with van der Waals surface area (Å²) in [5, 5.41) is 12.6. The number of nitrogens with zero attached hydrogens (tertiary/aromatic N) is 3. The number of hydrogen-bond donors (Lipinski definition) is 2. The number of hydrogen-bond acceptors (Lipinski definition) is 9. The average molecular weight is 759 g/mol. The van der Waals surface area contributed by atoms with E-state index < -0.39 is 26.8 Å². The van der Waals surface area contributed by atoms with E-state index >= 15 is 0 Å². The smallest absolute Gasteiger partial charge is 0.264 e. The van der Waals surface area contributed by atoms with E-state index in [0.717, 1.165) is 48.9 Å². The minimum Gasteiger partial charge on any atom is -0.487 e. The number of halogens is 1. The molecule has 13 heteroatoms. The fourth-order valence-electron chi connectivity index (χ4n) is 8.51. The van der Waals surface area contributed by atoms with Gasteiger partial charge in [-0.15, -0.1) is 0 Å². The van der Waals surface area contributed by atoms with Gasteiger partial charge < -0.3 is 24.4 Å². The molecule has 3 aliphatic heterocycles. The van der Waals surface area contributed by atoms with Crippen LogP contribution < -0.4 is 14.4 Å². The standard InChI is InChI=1S/C39H55ClN4O7S/c1-27-7-6-15-39(47,26-42-17-18-43(19-20-50-3)37(45)24-42)34-13-10-31(34)23-44-16-5-4-8-29-21-33(40)12-9-32(29)25-51-36-14-11-30(22-35(36)44)38(46)41-52(48,49)28(27)2/h9,11-12,14,21-22,27-28,31,34,47H,4-8,10,13,15-20,23-26H2,1-3H3,(H,41,46)/t27-,28+,31-,34?,39-/m0/s1. The maximum Gasteiger partial charge on any atom is 0.264 e. The van der Waals surface area contributed by atoms with Crippen molar-refractivity contribution in [3.63, 3.8) is 0 Å². The Labute approximate surface area is 314 Å². The van der Waals surface area contributed by atoms with Crippen molar-refractivity contribution in [2.45, 2.75) is 82.7 Å². The molecule has 2 aromatic rings. The molecule has 11 nitrogen and oxygen atoms in total. The van der Waals surface area contributed by atoms with Gasteiger partial charge in [0.05, 0.1) is 29.7 Å². The summed E-state index contributed by atoms with van der Waals surface area (Å²) in [4.78, 5) is 32.8. The minimum atomic E-state index is -3.99. The molecule has 3 heterocycles. The van der Waals surface area contributed by atoms with Gasteiger partial charge in [-0.1, -0.05) is 31.0 Å². The third-order valence-electron chi connectivity index (χ3n) is 12.1. The van der Waals surface area contributed by atoms with Gasteiger partial charge in [-0.25, -0.2) is 13.1 Å².